The molecule has 7 nitrogen and oxygen atoms in total. The van der Waals surface area contributed by atoms with Gasteiger partial charge in [-0.1, -0.05) is 18.2 Å². The summed E-state index contributed by atoms with van der Waals surface area (Å²) < 4.78 is 26.8. The summed E-state index contributed by atoms with van der Waals surface area (Å²) in [7, 11) is -2.21. The number of sulfonamides is 1. The number of nitrogens with zero attached hydrogens (tertiary/aromatic N) is 3. The standard InChI is InChI=1S/C19H21N3O4S/c1-20(17-5-3-2-4-6-17)27(25,26)18-9-7-16(8-10-18)19(24)22-13-11-21(15-23)12-14-22/h2-10,15H,11-14H2,1H3. The van der Waals surface area contributed by atoms with E-state index in [1.807, 2.05) is 6.07 Å². The molecule has 0 saturated carbocycles. The quantitative estimate of drug-likeness (QED) is 0.727. The van der Waals surface area contributed by atoms with E-state index in [9.17, 15) is 18.0 Å². The molecule has 27 heavy (non-hydrogen) atoms. The summed E-state index contributed by atoms with van der Waals surface area (Å²) in [6, 6.07) is 14.7. The van der Waals surface area contributed by atoms with E-state index in [0.29, 0.717) is 37.4 Å². The zero-order valence-electron chi connectivity index (χ0n) is 15.0. The lowest BCUT2D eigenvalue weighted by Gasteiger charge is -2.32. The number of piperazine rings is 1. The molecule has 2 aromatic rings. The first-order valence-electron chi connectivity index (χ1n) is 8.56. The molecule has 0 bridgehead atoms. The molecule has 3 rings (SSSR count). The van der Waals surface area contributed by atoms with Crippen LogP contribution in [-0.4, -0.2) is 63.8 Å². The Bertz CT molecular complexity index is 906. The first kappa shape index (κ1) is 18.9. The molecule has 0 N–H and O–H groups in total. The van der Waals surface area contributed by atoms with Crippen molar-refractivity contribution in [3.63, 3.8) is 0 Å². The molecule has 1 fully saturated rings. The van der Waals surface area contributed by atoms with E-state index < -0.39 is 10.0 Å². The van der Waals surface area contributed by atoms with Crippen LogP contribution < -0.4 is 4.31 Å². The predicted molar refractivity (Wildman–Crippen MR) is 102 cm³/mol. The highest BCUT2D eigenvalue weighted by atomic mass is 32.2. The second kappa shape index (κ2) is 7.79. The Morgan fingerprint density at radius 2 is 1.56 bits per heavy atom. The molecule has 1 saturated heterocycles. The van der Waals surface area contributed by atoms with Crippen molar-refractivity contribution in [1.82, 2.24) is 9.80 Å². The highest BCUT2D eigenvalue weighted by molar-refractivity contribution is 7.92. The minimum absolute atomic E-state index is 0.121. The van der Waals surface area contributed by atoms with Gasteiger partial charge in [-0.2, -0.15) is 0 Å². The molecule has 0 spiro atoms. The SMILES string of the molecule is CN(c1ccccc1)S(=O)(=O)c1ccc(C(=O)N2CCN(C=O)CC2)cc1. The summed E-state index contributed by atoms with van der Waals surface area (Å²) in [6.07, 6.45) is 0.782. The lowest BCUT2D eigenvalue weighted by molar-refractivity contribution is -0.119. The number of anilines is 1. The minimum Gasteiger partial charge on any atom is -0.342 e. The minimum atomic E-state index is -3.71. The third-order valence-electron chi connectivity index (χ3n) is 4.63. The molecule has 0 aromatic heterocycles. The fourth-order valence-electron chi connectivity index (χ4n) is 2.92. The first-order valence-corrected chi connectivity index (χ1v) is 10.00. The summed E-state index contributed by atoms with van der Waals surface area (Å²) in [5, 5.41) is 0. The summed E-state index contributed by atoms with van der Waals surface area (Å²) in [4.78, 5) is 26.7. The Labute approximate surface area is 158 Å². The number of carbonyl (C=O) groups is 2. The molecule has 0 atom stereocenters. The number of rotatable bonds is 5. The van der Waals surface area contributed by atoms with Crippen LogP contribution in [0.15, 0.2) is 59.5 Å². The Hall–Kier alpha value is -2.87. The summed E-state index contributed by atoms with van der Waals surface area (Å²) >= 11 is 0. The summed E-state index contributed by atoms with van der Waals surface area (Å²) in [5.41, 5.74) is 0.988. The second-order valence-corrected chi connectivity index (χ2v) is 8.24. The Morgan fingerprint density at radius 1 is 0.963 bits per heavy atom. The molecule has 2 aromatic carbocycles. The molecule has 142 valence electrons. The van der Waals surface area contributed by atoms with Gasteiger partial charge in [0.05, 0.1) is 10.6 Å². The van der Waals surface area contributed by atoms with Crippen LogP contribution in [0.1, 0.15) is 10.4 Å². The molecular formula is C19H21N3O4S. The molecular weight excluding hydrogens is 366 g/mol. The van der Waals surface area contributed by atoms with Gasteiger partial charge in [0, 0.05) is 38.8 Å². The van der Waals surface area contributed by atoms with Crippen molar-refractivity contribution in [3.8, 4) is 0 Å². The van der Waals surface area contributed by atoms with Crippen LogP contribution in [0.4, 0.5) is 5.69 Å². The number of benzene rings is 2. The zero-order chi connectivity index (χ0) is 19.4. The zero-order valence-corrected chi connectivity index (χ0v) is 15.8. The van der Waals surface area contributed by atoms with E-state index >= 15 is 0 Å². The normalized spacial score (nSPS) is 14.7. The number of amides is 2. The van der Waals surface area contributed by atoms with Crippen molar-refractivity contribution in [2.75, 3.05) is 37.5 Å². The molecule has 1 aliphatic rings. The van der Waals surface area contributed by atoms with E-state index in [1.165, 1.54) is 35.6 Å². The van der Waals surface area contributed by atoms with E-state index in [-0.39, 0.29) is 10.8 Å². The smallest absolute Gasteiger partial charge is 0.264 e. The van der Waals surface area contributed by atoms with Gasteiger partial charge in [0.15, 0.2) is 0 Å². The maximum atomic E-state index is 12.8. The summed E-state index contributed by atoms with van der Waals surface area (Å²) in [6.45, 7) is 1.94. The molecule has 1 aliphatic heterocycles. The van der Waals surface area contributed by atoms with Crippen molar-refractivity contribution >= 4 is 28.0 Å². The Kier molecular flexibility index (Phi) is 5.46. The Balaban J connectivity index is 1.75. The van der Waals surface area contributed by atoms with Crippen LogP contribution in [0.5, 0.6) is 0 Å². The van der Waals surface area contributed by atoms with Gasteiger partial charge in [-0.05, 0) is 36.4 Å². The van der Waals surface area contributed by atoms with E-state index in [4.69, 9.17) is 0 Å². The fourth-order valence-corrected chi connectivity index (χ4v) is 4.11. The third kappa shape index (κ3) is 3.95. The van der Waals surface area contributed by atoms with Crippen LogP contribution in [0.3, 0.4) is 0 Å². The first-order chi connectivity index (χ1) is 12.9. The van der Waals surface area contributed by atoms with Crippen molar-refractivity contribution in [2.24, 2.45) is 0 Å². The van der Waals surface area contributed by atoms with E-state index in [0.717, 1.165) is 6.41 Å². The van der Waals surface area contributed by atoms with Crippen LogP contribution in [-0.2, 0) is 14.8 Å². The van der Waals surface area contributed by atoms with Crippen molar-refractivity contribution in [2.45, 2.75) is 4.90 Å². The van der Waals surface area contributed by atoms with E-state index in [2.05, 4.69) is 0 Å². The van der Waals surface area contributed by atoms with Crippen LogP contribution in [0.2, 0.25) is 0 Å². The maximum Gasteiger partial charge on any atom is 0.264 e. The topological polar surface area (TPSA) is 78.0 Å². The average molecular weight is 387 g/mol. The second-order valence-electron chi connectivity index (χ2n) is 6.27. The van der Waals surface area contributed by atoms with Gasteiger partial charge in [-0.25, -0.2) is 8.42 Å². The van der Waals surface area contributed by atoms with Gasteiger partial charge in [-0.15, -0.1) is 0 Å². The maximum absolute atomic E-state index is 12.8. The van der Waals surface area contributed by atoms with Crippen molar-refractivity contribution < 1.29 is 18.0 Å². The third-order valence-corrected chi connectivity index (χ3v) is 6.43. The lowest BCUT2D eigenvalue weighted by atomic mass is 10.2. The summed E-state index contributed by atoms with van der Waals surface area (Å²) in [5.74, 6) is -0.166. The lowest BCUT2D eigenvalue weighted by Crippen LogP contribution is -2.48. The molecule has 1 heterocycles. The van der Waals surface area contributed by atoms with Crippen LogP contribution >= 0.6 is 0 Å². The Morgan fingerprint density at radius 3 is 2.11 bits per heavy atom. The van der Waals surface area contributed by atoms with Crippen LogP contribution in [0, 0.1) is 0 Å². The van der Waals surface area contributed by atoms with Crippen LogP contribution in [0.25, 0.3) is 0 Å². The predicted octanol–water partition coefficient (Wildman–Crippen LogP) is 1.43. The molecule has 0 unspecified atom stereocenters. The van der Waals surface area contributed by atoms with E-state index in [1.54, 1.807) is 34.1 Å². The highest BCUT2D eigenvalue weighted by Gasteiger charge is 2.24. The van der Waals surface area contributed by atoms with Crippen molar-refractivity contribution in [1.29, 1.82) is 0 Å². The van der Waals surface area contributed by atoms with Gasteiger partial charge in [-0.3, -0.25) is 13.9 Å². The number of hydrogen-bond acceptors (Lipinski definition) is 4. The molecule has 0 aliphatic carbocycles. The van der Waals surface area contributed by atoms with Gasteiger partial charge in [0.2, 0.25) is 6.41 Å². The highest BCUT2D eigenvalue weighted by Crippen LogP contribution is 2.22. The van der Waals surface area contributed by atoms with Gasteiger partial charge >= 0.3 is 0 Å². The molecule has 2 amide bonds. The average Bonchev–Trinajstić information content (AvgIpc) is 2.73. The van der Waals surface area contributed by atoms with Crippen molar-refractivity contribution in [3.05, 3.63) is 60.2 Å². The largest absolute Gasteiger partial charge is 0.342 e. The number of carbonyl (C=O) groups excluding carboxylic acids is 2. The van der Waals surface area contributed by atoms with Gasteiger partial charge in [0.25, 0.3) is 15.9 Å². The number of para-hydroxylation sites is 1. The monoisotopic (exact) mass is 387 g/mol. The van der Waals surface area contributed by atoms with Gasteiger partial charge in [0.1, 0.15) is 0 Å². The van der Waals surface area contributed by atoms with Gasteiger partial charge < -0.3 is 9.80 Å². The fraction of sp³-hybridized carbons (Fsp3) is 0.263. The molecule has 0 radical (unpaired) electrons. The number of hydrogen-bond donors (Lipinski definition) is 0. The molecule has 8 heteroatoms.